The van der Waals surface area contributed by atoms with Crippen molar-refractivity contribution >= 4 is 42.6 Å². The predicted octanol–water partition coefficient (Wildman–Crippen LogP) is 9.36. The van der Waals surface area contributed by atoms with Crippen molar-refractivity contribution in [2.24, 2.45) is 5.92 Å². The van der Waals surface area contributed by atoms with E-state index in [0.29, 0.717) is 49.5 Å². The number of hydrogen-bond donors (Lipinski definition) is 5. The standard InChI is InChI=1S/C48H59N5O6Si/c1-48(2,3)60(4,5)59-42(38-20-22-41(54)46-39(38)21-23-45(56)52-46)30-49-29-33-14-17-36(18-15-33)50-44(55)13-9-10-32-16-19-37(34-11-7-6-8-12-34)40(28-32)51-47(57)58-43-31-53-26-24-35(43)25-27-53/h6-8,11-12,14-23,28,35,42-43,49,54H,9-10,13,24-27,29-31H2,1-5H3,(H,50,55)(H,51,57)(H,52,56)/t42-,43-/m0/s1. The van der Waals surface area contributed by atoms with E-state index >= 15 is 0 Å². The average Bonchev–Trinajstić information content (AvgIpc) is 3.22. The number of nitrogens with one attached hydrogen (secondary N) is 4. The van der Waals surface area contributed by atoms with Crippen LogP contribution in [0.4, 0.5) is 16.2 Å². The molecule has 12 heteroatoms. The molecule has 3 aliphatic heterocycles. The summed E-state index contributed by atoms with van der Waals surface area (Å²) in [5.41, 5.74) is 6.46. The van der Waals surface area contributed by atoms with E-state index in [4.69, 9.17) is 9.16 Å². The van der Waals surface area contributed by atoms with Gasteiger partial charge in [-0.05, 0) is 115 Å². The Kier molecular flexibility index (Phi) is 13.2. The smallest absolute Gasteiger partial charge is 0.411 e. The summed E-state index contributed by atoms with van der Waals surface area (Å²) in [6, 6.07) is 30.6. The number of nitrogens with zero attached hydrogens (tertiary/aromatic N) is 1. The fourth-order valence-corrected chi connectivity index (χ4v) is 9.33. The van der Waals surface area contributed by atoms with Gasteiger partial charge in [-0.25, -0.2) is 4.79 Å². The Hall–Kier alpha value is -5.27. The second-order valence-corrected chi connectivity index (χ2v) is 22.6. The molecule has 3 saturated heterocycles. The first-order valence-electron chi connectivity index (χ1n) is 21.2. The number of aromatic hydroxyl groups is 1. The van der Waals surface area contributed by atoms with Gasteiger partial charge in [0.05, 0.1) is 17.3 Å². The largest absolute Gasteiger partial charge is 0.506 e. The number of carbonyl (C=O) groups is 2. The van der Waals surface area contributed by atoms with E-state index in [1.165, 1.54) is 6.07 Å². The normalized spacial score (nSPS) is 18.2. The Balaban J connectivity index is 0.926. The number of anilines is 2. The van der Waals surface area contributed by atoms with Gasteiger partial charge in [-0.2, -0.15) is 0 Å². The minimum absolute atomic E-state index is 0.0210. The zero-order valence-electron chi connectivity index (χ0n) is 35.5. The van der Waals surface area contributed by atoms with Crippen LogP contribution in [-0.2, 0) is 26.9 Å². The highest BCUT2D eigenvalue weighted by Crippen LogP contribution is 2.41. The van der Waals surface area contributed by atoms with Crippen LogP contribution in [-0.4, -0.2) is 67.6 Å². The lowest BCUT2D eigenvalue weighted by molar-refractivity contribution is -0.116. The number of aromatic amines is 1. The number of phenols is 1. The fourth-order valence-electron chi connectivity index (χ4n) is 8.06. The molecular weight excluding hydrogens is 771 g/mol. The maximum Gasteiger partial charge on any atom is 0.411 e. The Morgan fingerprint density at radius 2 is 1.65 bits per heavy atom. The molecule has 2 bridgehead atoms. The number of aromatic nitrogens is 1. The summed E-state index contributed by atoms with van der Waals surface area (Å²) in [4.78, 5) is 43.5. The molecule has 0 spiro atoms. The molecule has 316 valence electrons. The van der Waals surface area contributed by atoms with Gasteiger partial charge < -0.3 is 29.9 Å². The highest BCUT2D eigenvalue weighted by Gasteiger charge is 2.40. The lowest BCUT2D eigenvalue weighted by atomic mass is 9.86. The van der Waals surface area contributed by atoms with Crippen molar-refractivity contribution in [1.82, 2.24) is 15.2 Å². The van der Waals surface area contributed by atoms with Crippen molar-refractivity contribution in [3.8, 4) is 16.9 Å². The zero-order valence-corrected chi connectivity index (χ0v) is 36.5. The van der Waals surface area contributed by atoms with Gasteiger partial charge in [0.25, 0.3) is 0 Å². The number of benzene rings is 4. The van der Waals surface area contributed by atoms with Gasteiger partial charge in [0, 0.05) is 48.8 Å². The van der Waals surface area contributed by atoms with Crippen molar-refractivity contribution in [2.75, 3.05) is 36.8 Å². The number of phenolic OH excluding ortho intramolecular Hbond substituents is 1. The zero-order chi connectivity index (χ0) is 42.4. The molecule has 0 radical (unpaired) electrons. The lowest BCUT2D eigenvalue weighted by Gasteiger charge is -2.43. The van der Waals surface area contributed by atoms with Crippen molar-refractivity contribution in [3.63, 3.8) is 0 Å². The Morgan fingerprint density at radius 3 is 2.35 bits per heavy atom. The number of amides is 2. The predicted molar refractivity (Wildman–Crippen MR) is 242 cm³/mol. The first-order chi connectivity index (χ1) is 28.7. The summed E-state index contributed by atoms with van der Waals surface area (Å²) in [6.07, 6.45) is 2.99. The number of fused-ring (bicyclic) bond motifs is 4. The molecule has 3 fully saturated rings. The van der Waals surface area contributed by atoms with Crippen LogP contribution in [0.5, 0.6) is 5.75 Å². The van der Waals surface area contributed by atoms with Crippen LogP contribution in [0.2, 0.25) is 18.1 Å². The lowest BCUT2D eigenvalue weighted by Crippen LogP contribution is -2.52. The number of rotatable bonds is 15. The van der Waals surface area contributed by atoms with E-state index in [1.807, 2.05) is 72.8 Å². The molecule has 5 N–H and O–H groups in total. The van der Waals surface area contributed by atoms with Crippen LogP contribution in [0.15, 0.2) is 102 Å². The van der Waals surface area contributed by atoms with Crippen LogP contribution in [0.25, 0.3) is 22.0 Å². The number of aryl methyl sites for hydroxylation is 1. The highest BCUT2D eigenvalue weighted by atomic mass is 28.4. The molecule has 0 aliphatic carbocycles. The first-order valence-corrected chi connectivity index (χ1v) is 24.1. The van der Waals surface area contributed by atoms with Gasteiger partial charge in [-0.15, -0.1) is 0 Å². The summed E-state index contributed by atoms with van der Waals surface area (Å²) in [5.74, 6) is 0.385. The maximum atomic E-state index is 13.2. The molecule has 60 heavy (non-hydrogen) atoms. The summed E-state index contributed by atoms with van der Waals surface area (Å²) in [6.45, 7) is 15.1. The third-order valence-electron chi connectivity index (χ3n) is 12.5. The minimum atomic E-state index is -2.21. The molecule has 1 aromatic heterocycles. The van der Waals surface area contributed by atoms with E-state index < -0.39 is 14.4 Å². The van der Waals surface area contributed by atoms with Crippen molar-refractivity contribution in [3.05, 3.63) is 124 Å². The quantitative estimate of drug-likeness (QED) is 0.0657. The van der Waals surface area contributed by atoms with Gasteiger partial charge in [-0.1, -0.05) is 81.4 Å². The van der Waals surface area contributed by atoms with E-state index in [1.54, 1.807) is 12.1 Å². The maximum absolute atomic E-state index is 13.2. The van der Waals surface area contributed by atoms with Crippen LogP contribution in [0.3, 0.4) is 0 Å². The van der Waals surface area contributed by atoms with Crippen molar-refractivity contribution in [2.45, 2.75) is 89.8 Å². The molecule has 0 unspecified atom stereocenters. The molecule has 3 aliphatic rings. The van der Waals surface area contributed by atoms with Gasteiger partial charge in [-0.3, -0.25) is 19.8 Å². The minimum Gasteiger partial charge on any atom is -0.506 e. The van der Waals surface area contributed by atoms with E-state index in [0.717, 1.165) is 71.4 Å². The summed E-state index contributed by atoms with van der Waals surface area (Å²) >= 11 is 0. The summed E-state index contributed by atoms with van der Waals surface area (Å²) < 4.78 is 12.9. The third-order valence-corrected chi connectivity index (χ3v) is 17.0. The van der Waals surface area contributed by atoms with E-state index in [2.05, 4.69) is 65.8 Å². The SMILES string of the molecule is CC(C)(C)[Si](C)(C)O[C@@H](CNCc1ccc(NC(=O)CCCc2ccc(-c3ccccc3)c(NC(=O)O[C@H]3CN4CCC3CC4)c2)cc1)c1ccc(O)c2[nH]c(=O)ccc12. The molecular formula is C48H59N5O6Si. The number of H-pyrrole nitrogens is 1. The van der Waals surface area contributed by atoms with Gasteiger partial charge >= 0.3 is 6.09 Å². The third kappa shape index (κ3) is 10.5. The first kappa shape index (κ1) is 42.8. The van der Waals surface area contributed by atoms with E-state index in [-0.39, 0.29) is 34.5 Å². The summed E-state index contributed by atoms with van der Waals surface area (Å²) in [7, 11) is -2.21. The molecule has 4 aromatic carbocycles. The molecule has 5 aromatic rings. The Morgan fingerprint density at radius 1 is 0.917 bits per heavy atom. The molecule has 8 rings (SSSR count). The van der Waals surface area contributed by atoms with Gasteiger partial charge in [0.1, 0.15) is 11.9 Å². The van der Waals surface area contributed by atoms with Gasteiger partial charge in [0.15, 0.2) is 8.32 Å². The monoisotopic (exact) mass is 829 g/mol. The summed E-state index contributed by atoms with van der Waals surface area (Å²) in [5, 5.41) is 20.9. The molecule has 0 saturated carbocycles. The Labute approximate surface area is 354 Å². The number of pyridine rings is 1. The van der Waals surface area contributed by atoms with Crippen LogP contribution in [0.1, 0.15) is 69.2 Å². The fraction of sp³-hybridized carbons (Fsp3) is 0.396. The van der Waals surface area contributed by atoms with Gasteiger partial charge in [0.2, 0.25) is 11.5 Å². The molecule has 11 nitrogen and oxygen atoms in total. The topological polar surface area (TPSA) is 145 Å². The number of ether oxygens (including phenoxy) is 1. The Bertz CT molecular complexity index is 2330. The molecule has 4 heterocycles. The molecule has 2 amide bonds. The van der Waals surface area contributed by atoms with Crippen LogP contribution in [0, 0.1) is 5.92 Å². The molecule has 2 atom stereocenters. The number of hydrogen-bond acceptors (Lipinski definition) is 8. The second kappa shape index (κ2) is 18.6. The van der Waals surface area contributed by atoms with Crippen molar-refractivity contribution < 1.29 is 23.9 Å². The highest BCUT2D eigenvalue weighted by molar-refractivity contribution is 6.74. The van der Waals surface area contributed by atoms with Crippen molar-refractivity contribution in [1.29, 1.82) is 0 Å². The second-order valence-electron chi connectivity index (χ2n) is 17.8. The van der Waals surface area contributed by atoms with E-state index in [9.17, 15) is 19.5 Å². The average molecular weight is 830 g/mol. The van der Waals surface area contributed by atoms with Crippen LogP contribution >= 0.6 is 0 Å². The number of piperidine rings is 3. The number of carbonyl (C=O) groups excluding carboxylic acids is 2. The van der Waals surface area contributed by atoms with Crippen LogP contribution < -0.4 is 21.5 Å².